The number of rotatable bonds is 2. The first-order valence-corrected chi connectivity index (χ1v) is 11.5. The quantitative estimate of drug-likeness (QED) is 0.161. The van der Waals surface area contributed by atoms with E-state index in [2.05, 4.69) is 146 Å². The van der Waals surface area contributed by atoms with Crippen LogP contribution in [0.25, 0.3) is 21.5 Å². The first-order valence-electron chi connectivity index (χ1n) is 10.5. The van der Waals surface area contributed by atoms with E-state index in [1.165, 1.54) is 31.9 Å². The molecule has 0 unspecified atom stereocenters. The molecule has 6 aromatic rings. The fourth-order valence-corrected chi connectivity index (χ4v) is 4.40. The van der Waals surface area contributed by atoms with E-state index < -0.39 is 0 Å². The van der Waals surface area contributed by atoms with Crippen LogP contribution in [0, 0.1) is 14.9 Å². The minimum absolute atomic E-state index is 0. The van der Waals surface area contributed by atoms with Crippen molar-refractivity contribution in [2.75, 3.05) is 0 Å². The molecule has 0 N–H and O–H groups in total. The van der Waals surface area contributed by atoms with Crippen molar-refractivity contribution in [1.29, 1.82) is 0 Å². The van der Waals surface area contributed by atoms with Crippen molar-refractivity contribution < 1.29 is 26.2 Å². The summed E-state index contributed by atoms with van der Waals surface area (Å²) in [5.74, 6) is 0. The summed E-state index contributed by atoms with van der Waals surface area (Å²) in [6.07, 6.45) is 0. The Labute approximate surface area is 227 Å². The van der Waals surface area contributed by atoms with Gasteiger partial charge in [-0.3, -0.25) is 0 Å². The normalized spacial score (nSPS) is 9.18. The van der Waals surface area contributed by atoms with Crippen LogP contribution in [0.3, 0.4) is 0 Å². The van der Waals surface area contributed by atoms with E-state index in [1.807, 2.05) is 0 Å². The monoisotopic (exact) mass is 532 g/mol. The Morgan fingerprint density at radius 2 is 0.765 bits per heavy atom. The molecule has 0 heterocycles. The van der Waals surface area contributed by atoms with Crippen molar-refractivity contribution in [3.63, 3.8) is 0 Å². The van der Waals surface area contributed by atoms with Crippen LogP contribution in [0.2, 0.25) is 0 Å². The zero-order chi connectivity index (χ0) is 21.1. The summed E-state index contributed by atoms with van der Waals surface area (Å²) in [4.78, 5) is 0. The van der Waals surface area contributed by atoms with Gasteiger partial charge < -0.3 is 14.9 Å². The van der Waals surface area contributed by atoms with E-state index in [4.69, 9.17) is 0 Å². The first-order chi connectivity index (χ1) is 15.4. The molecule has 0 nitrogen and oxygen atoms in total. The van der Waals surface area contributed by atoms with Gasteiger partial charge in [-0.15, -0.1) is 59.3 Å². The van der Waals surface area contributed by atoms with Gasteiger partial charge in [-0.2, -0.15) is 35.0 Å². The van der Waals surface area contributed by atoms with Gasteiger partial charge in [-0.05, 0) is 0 Å². The molecule has 34 heavy (non-hydrogen) atoms. The third-order valence-electron chi connectivity index (χ3n) is 4.93. The van der Waals surface area contributed by atoms with Crippen LogP contribution in [0.1, 0.15) is 0 Å². The first kappa shape index (κ1) is 29.2. The number of fused-ring (bicyclic) bond motifs is 2. The molecule has 0 aliphatic heterocycles. The Morgan fingerprint density at radius 3 is 1.15 bits per heavy atom. The number of benzene rings is 4. The molecule has 0 saturated heterocycles. The summed E-state index contributed by atoms with van der Waals surface area (Å²) >= 11 is 0. The molecule has 0 aromatic heterocycles. The molecule has 0 aliphatic carbocycles. The van der Waals surface area contributed by atoms with Gasteiger partial charge in [0.1, 0.15) is 9.52 Å². The summed E-state index contributed by atoms with van der Waals surface area (Å²) in [7, 11) is 0.777. The molecule has 0 amide bonds. The third-order valence-corrected chi connectivity index (χ3v) is 6.18. The maximum atomic E-state index is 2.17. The van der Waals surface area contributed by atoms with Crippen molar-refractivity contribution >= 4 is 41.4 Å². The van der Waals surface area contributed by atoms with E-state index in [-0.39, 0.29) is 41.1 Å². The van der Waals surface area contributed by atoms with Crippen LogP contribution in [0.5, 0.6) is 0 Å². The Bertz CT molecular complexity index is 1140. The van der Waals surface area contributed by atoms with Crippen LogP contribution >= 0.6 is 0 Å². The second-order valence-electron chi connectivity index (χ2n) is 7.17. The van der Waals surface area contributed by atoms with Gasteiger partial charge in [0, 0.05) is 0 Å². The Hall–Kier alpha value is -2.80. The SMILES string of the molecule is [CH3-].[CH3-].[Zr+4].c1ccc([Si]c2ccccc2)cc1.c1ccc2[cH-]ccc2c1.c1ccc2[cH-]ccc2c1. The summed E-state index contributed by atoms with van der Waals surface area (Å²) in [5.41, 5.74) is 0. The number of hydrogen-bond donors (Lipinski definition) is 0. The number of hydrogen-bond acceptors (Lipinski definition) is 0. The van der Waals surface area contributed by atoms with E-state index in [0.29, 0.717) is 0 Å². The summed E-state index contributed by atoms with van der Waals surface area (Å²) in [5, 5.41) is 8.12. The molecular formula is C32H30SiZr. The zero-order valence-electron chi connectivity index (χ0n) is 19.9. The van der Waals surface area contributed by atoms with Crippen molar-refractivity contribution in [3.05, 3.63) is 160 Å². The van der Waals surface area contributed by atoms with Crippen molar-refractivity contribution in [1.82, 2.24) is 0 Å². The Balaban J connectivity index is 0.000000249. The van der Waals surface area contributed by atoms with Crippen LogP contribution in [-0.2, 0) is 26.2 Å². The molecule has 0 fully saturated rings. The summed E-state index contributed by atoms with van der Waals surface area (Å²) in [6, 6.07) is 50.5. The van der Waals surface area contributed by atoms with Crippen molar-refractivity contribution in [2.45, 2.75) is 0 Å². The summed E-state index contributed by atoms with van der Waals surface area (Å²) in [6.45, 7) is 0. The molecule has 6 rings (SSSR count). The minimum atomic E-state index is 0. The maximum absolute atomic E-state index is 2.17. The van der Waals surface area contributed by atoms with Crippen molar-refractivity contribution in [2.24, 2.45) is 0 Å². The van der Waals surface area contributed by atoms with Gasteiger partial charge in [0.15, 0.2) is 0 Å². The Kier molecular flexibility index (Phi) is 13.7. The average molecular weight is 534 g/mol. The molecule has 2 radical (unpaired) electrons. The smallest absolute Gasteiger partial charge is 0.358 e. The van der Waals surface area contributed by atoms with Gasteiger partial charge in [0.2, 0.25) is 0 Å². The van der Waals surface area contributed by atoms with Crippen LogP contribution in [-0.4, -0.2) is 9.52 Å². The second kappa shape index (κ2) is 15.9. The molecule has 0 bridgehead atoms. The molecule has 166 valence electrons. The van der Waals surface area contributed by atoms with Gasteiger partial charge in [0.25, 0.3) is 0 Å². The molecule has 6 aromatic carbocycles. The van der Waals surface area contributed by atoms with E-state index in [0.717, 1.165) is 9.52 Å². The zero-order valence-corrected chi connectivity index (χ0v) is 23.3. The van der Waals surface area contributed by atoms with E-state index >= 15 is 0 Å². The van der Waals surface area contributed by atoms with Gasteiger partial charge >= 0.3 is 26.2 Å². The van der Waals surface area contributed by atoms with Crippen LogP contribution in [0.15, 0.2) is 146 Å². The predicted octanol–water partition coefficient (Wildman–Crippen LogP) is 7.36. The summed E-state index contributed by atoms with van der Waals surface area (Å²) < 4.78 is 0. The molecule has 0 saturated carbocycles. The predicted molar refractivity (Wildman–Crippen MR) is 150 cm³/mol. The van der Waals surface area contributed by atoms with E-state index in [1.54, 1.807) is 0 Å². The Morgan fingerprint density at radius 1 is 0.412 bits per heavy atom. The molecule has 0 aliphatic rings. The molecule has 0 atom stereocenters. The van der Waals surface area contributed by atoms with Crippen molar-refractivity contribution in [3.8, 4) is 0 Å². The largest absolute Gasteiger partial charge is 4.00 e. The van der Waals surface area contributed by atoms with Gasteiger partial charge in [0.05, 0.1) is 0 Å². The fourth-order valence-electron chi connectivity index (χ4n) is 3.35. The second-order valence-corrected chi connectivity index (χ2v) is 8.57. The minimum Gasteiger partial charge on any atom is -0.358 e. The fraction of sp³-hybridized carbons (Fsp3) is 0. The average Bonchev–Trinajstić information content (AvgIpc) is 3.51. The van der Waals surface area contributed by atoms with Crippen LogP contribution < -0.4 is 10.4 Å². The third kappa shape index (κ3) is 8.86. The molecule has 0 spiro atoms. The topological polar surface area (TPSA) is 0 Å². The molecule has 2 heteroatoms. The standard InChI is InChI=1S/C12H10Si.2C9H7.2CH3.Zr/c1-3-7-11(8-4-1)13-12-9-5-2-6-10-12;2*1-2-5-9-7-3-6-8(9)4-1;;;/h1-10H;2*1-7H;2*1H3;/q;4*-1;+4. The molecular weight excluding hydrogens is 504 g/mol. The van der Waals surface area contributed by atoms with Gasteiger partial charge in [-0.25, -0.2) is 0 Å². The van der Waals surface area contributed by atoms with Crippen LogP contribution in [0.4, 0.5) is 0 Å². The maximum Gasteiger partial charge on any atom is 4.00 e. The van der Waals surface area contributed by atoms with E-state index in [9.17, 15) is 0 Å². The van der Waals surface area contributed by atoms with Gasteiger partial charge in [-0.1, -0.05) is 83.2 Å².